The molecule has 1 heterocycles. The van der Waals surface area contributed by atoms with Gasteiger partial charge in [0.1, 0.15) is 0 Å². The van der Waals surface area contributed by atoms with Gasteiger partial charge in [-0.2, -0.15) is 0 Å². The van der Waals surface area contributed by atoms with E-state index in [0.717, 1.165) is 0 Å². The molecule has 0 aromatic carbocycles. The molecule has 0 saturated heterocycles. The number of rotatable bonds is 1. The fourth-order valence-electron chi connectivity index (χ4n) is 0.138. The number of hydrogen-bond donors (Lipinski definition) is 2. The molecule has 3 N–H and O–H groups in total. The van der Waals surface area contributed by atoms with Crippen LogP contribution in [0.5, 0.6) is 0 Å². The molecule has 0 spiro atoms. The van der Waals surface area contributed by atoms with Gasteiger partial charge < -0.3 is 5.73 Å². The first-order chi connectivity index (χ1) is 2.80. The maximum absolute atomic E-state index is 9.79. The minimum Gasteiger partial charge on any atom is -0.363 e. The number of carbonyl (C=O) groups is 1. The molecule has 0 aromatic heterocycles. The lowest BCUT2D eigenvalue weighted by Gasteiger charge is -1.67. The molecule has 6 heavy (non-hydrogen) atoms. The summed E-state index contributed by atoms with van der Waals surface area (Å²) < 4.78 is 0. The van der Waals surface area contributed by atoms with Crippen LogP contribution in [0.2, 0.25) is 0 Å². The second kappa shape index (κ2) is 0.707. The fourth-order valence-corrected chi connectivity index (χ4v) is 0.138. The van der Waals surface area contributed by atoms with E-state index in [2.05, 4.69) is 16.3 Å². The number of nitrogens with one attached hydrogen (secondary N) is 1. The van der Waals surface area contributed by atoms with Crippen molar-refractivity contribution in [3.8, 4) is 0 Å². The van der Waals surface area contributed by atoms with Gasteiger partial charge in [-0.1, -0.05) is 0 Å². The van der Waals surface area contributed by atoms with E-state index in [1.165, 1.54) is 0 Å². The highest BCUT2D eigenvalue weighted by Gasteiger charge is 2.14. The Morgan fingerprint density at radius 2 is 2.50 bits per heavy atom. The number of primary amides is 1. The number of amidine groups is 1. The van der Waals surface area contributed by atoms with Gasteiger partial charge in [-0.25, -0.2) is 0 Å². The van der Waals surface area contributed by atoms with Crippen molar-refractivity contribution in [1.29, 1.82) is 0 Å². The molecule has 1 aliphatic heterocycles. The Kier molecular flexibility index (Phi) is 0.370. The van der Waals surface area contributed by atoms with Crippen LogP contribution in [0.3, 0.4) is 0 Å². The molecule has 0 saturated carbocycles. The van der Waals surface area contributed by atoms with Crippen LogP contribution in [0.15, 0.2) is 5.10 Å². The molecule has 0 aliphatic carbocycles. The minimum absolute atomic E-state index is 0.273. The summed E-state index contributed by atoms with van der Waals surface area (Å²) in [4.78, 5) is 9.79. The van der Waals surface area contributed by atoms with Crippen molar-refractivity contribution in [1.82, 2.24) is 5.43 Å². The zero-order valence-electron chi connectivity index (χ0n) is 2.93. The number of hydrazone groups is 1. The van der Waals surface area contributed by atoms with E-state index in [1.807, 2.05) is 0 Å². The van der Waals surface area contributed by atoms with Crippen molar-refractivity contribution in [2.45, 2.75) is 0 Å². The molecule has 1 aliphatic rings. The third-order valence-corrected chi connectivity index (χ3v) is 0.457. The van der Waals surface area contributed by atoms with Gasteiger partial charge in [-0.3, -0.25) is 10.2 Å². The molecule has 1 rings (SSSR count). The van der Waals surface area contributed by atoms with Gasteiger partial charge in [-0.15, -0.1) is 5.10 Å². The average Bonchev–Trinajstić information content (AvgIpc) is 2.06. The van der Waals surface area contributed by atoms with Crippen LogP contribution in [0.4, 0.5) is 0 Å². The zero-order valence-corrected chi connectivity index (χ0v) is 2.93. The molecular formula is C2H3N3O. The van der Waals surface area contributed by atoms with Crippen LogP contribution < -0.4 is 11.2 Å². The highest BCUT2D eigenvalue weighted by atomic mass is 16.2. The van der Waals surface area contributed by atoms with E-state index in [9.17, 15) is 4.79 Å². The highest BCUT2D eigenvalue weighted by Crippen LogP contribution is 1.80. The maximum Gasteiger partial charge on any atom is 0.287 e. The van der Waals surface area contributed by atoms with Crippen LogP contribution in [-0.2, 0) is 4.79 Å². The van der Waals surface area contributed by atoms with E-state index in [1.54, 1.807) is 0 Å². The predicted octanol–water partition coefficient (Wildman–Crippen LogP) is -1.61. The molecule has 0 unspecified atom stereocenters. The fraction of sp³-hybridized carbons (Fsp3) is 0. The summed E-state index contributed by atoms with van der Waals surface area (Å²) in [6, 6.07) is 0. The molecule has 32 valence electrons. The van der Waals surface area contributed by atoms with Crippen molar-refractivity contribution >= 4 is 11.7 Å². The van der Waals surface area contributed by atoms with Crippen molar-refractivity contribution in [3.63, 3.8) is 0 Å². The molecule has 0 atom stereocenters. The van der Waals surface area contributed by atoms with Crippen LogP contribution in [-0.4, -0.2) is 11.7 Å². The zero-order chi connectivity index (χ0) is 4.57. The Labute approximate surface area is 34.0 Å². The monoisotopic (exact) mass is 85.0 g/mol. The Balaban J connectivity index is 2.52. The minimum atomic E-state index is -0.491. The molecule has 0 fully saturated rings. The standard InChI is InChI=1S/C2H3N3O/c3-1(6)2-4-5-2/h(H2,3,6)(H,4,5). The van der Waals surface area contributed by atoms with E-state index >= 15 is 0 Å². The van der Waals surface area contributed by atoms with Gasteiger partial charge in [0.2, 0.25) is 5.84 Å². The SMILES string of the molecule is NC(=O)C1=NN1. The van der Waals surface area contributed by atoms with Gasteiger partial charge in [-0.05, 0) is 0 Å². The van der Waals surface area contributed by atoms with Gasteiger partial charge in [0.25, 0.3) is 5.91 Å². The first kappa shape index (κ1) is 3.14. The molecule has 0 radical (unpaired) electrons. The number of nitrogens with zero attached hydrogens (tertiary/aromatic N) is 1. The summed E-state index contributed by atoms with van der Waals surface area (Å²) in [5.41, 5.74) is 6.97. The van der Waals surface area contributed by atoms with Crippen LogP contribution in [0, 0.1) is 0 Å². The number of hydrogen-bond acceptors (Lipinski definition) is 3. The summed E-state index contributed by atoms with van der Waals surface area (Å²) in [5, 5.41) is 3.29. The van der Waals surface area contributed by atoms with Crippen LogP contribution >= 0.6 is 0 Å². The highest BCUT2D eigenvalue weighted by molar-refractivity contribution is 6.41. The van der Waals surface area contributed by atoms with E-state index < -0.39 is 5.91 Å². The van der Waals surface area contributed by atoms with Gasteiger partial charge in [0.05, 0.1) is 0 Å². The van der Waals surface area contributed by atoms with Crippen LogP contribution in [0.1, 0.15) is 0 Å². The molecule has 4 heteroatoms. The molecule has 1 amide bonds. The first-order valence-corrected chi connectivity index (χ1v) is 1.44. The van der Waals surface area contributed by atoms with Gasteiger partial charge in [0, 0.05) is 0 Å². The molecular weight excluding hydrogens is 82.0 g/mol. The van der Waals surface area contributed by atoms with E-state index in [0.29, 0.717) is 0 Å². The largest absolute Gasteiger partial charge is 0.363 e. The van der Waals surface area contributed by atoms with Crippen molar-refractivity contribution in [2.24, 2.45) is 10.8 Å². The molecule has 0 aromatic rings. The lowest BCUT2D eigenvalue weighted by molar-refractivity contribution is -0.111. The number of nitrogens with two attached hydrogens (primary N) is 1. The lowest BCUT2D eigenvalue weighted by Crippen LogP contribution is -2.19. The topological polar surface area (TPSA) is 77.4 Å². The van der Waals surface area contributed by atoms with Crippen molar-refractivity contribution in [3.05, 3.63) is 0 Å². The predicted molar refractivity (Wildman–Crippen MR) is 19.8 cm³/mol. The third-order valence-electron chi connectivity index (χ3n) is 0.457. The quantitative estimate of drug-likeness (QED) is 0.401. The summed E-state index contributed by atoms with van der Waals surface area (Å²) >= 11 is 0. The van der Waals surface area contributed by atoms with E-state index in [-0.39, 0.29) is 5.84 Å². The second-order valence-corrected chi connectivity index (χ2v) is 0.936. The number of carbonyl (C=O) groups excluding carboxylic acids is 1. The third kappa shape index (κ3) is 0.314. The van der Waals surface area contributed by atoms with Gasteiger partial charge >= 0.3 is 0 Å². The smallest absolute Gasteiger partial charge is 0.287 e. The Bertz CT molecular complexity index is 116. The molecule has 4 nitrogen and oxygen atoms in total. The summed E-state index contributed by atoms with van der Waals surface area (Å²) in [7, 11) is 0. The average molecular weight is 85.1 g/mol. The molecule has 0 bridgehead atoms. The normalized spacial score (nSPS) is 15.0. The van der Waals surface area contributed by atoms with Gasteiger partial charge in [0.15, 0.2) is 0 Å². The van der Waals surface area contributed by atoms with Crippen molar-refractivity contribution in [2.75, 3.05) is 0 Å². The summed E-state index contributed by atoms with van der Waals surface area (Å²) in [5.74, 6) is -0.218. The lowest BCUT2D eigenvalue weighted by atomic mass is 10.6. The van der Waals surface area contributed by atoms with Crippen molar-refractivity contribution < 1.29 is 4.79 Å². The maximum atomic E-state index is 9.79. The Morgan fingerprint density at radius 3 is 2.50 bits per heavy atom. The van der Waals surface area contributed by atoms with Crippen LogP contribution in [0.25, 0.3) is 0 Å². The first-order valence-electron chi connectivity index (χ1n) is 1.44. The summed E-state index contributed by atoms with van der Waals surface area (Å²) in [6.07, 6.45) is 0. The second-order valence-electron chi connectivity index (χ2n) is 0.936. The Hall–Kier alpha value is -1.06. The number of amides is 1. The Morgan fingerprint density at radius 1 is 2.00 bits per heavy atom. The van der Waals surface area contributed by atoms with E-state index in [4.69, 9.17) is 0 Å². The summed E-state index contributed by atoms with van der Waals surface area (Å²) in [6.45, 7) is 0.